The second kappa shape index (κ2) is 10.3. The summed E-state index contributed by atoms with van der Waals surface area (Å²) in [7, 11) is 3.29. The van der Waals surface area contributed by atoms with Gasteiger partial charge in [0.1, 0.15) is 42.2 Å². The standard InChI is InChI=1S/C28H26F2N6O2S/c1-4-9-38-18-12-22-25(32-14-18)21(33-16-34-22)11-17-5-6-20(30)19(10-17)28(15-29)23-13-27(23,39-26(31)35-28)8-7-24(37)36(2)3/h1,5-8,10,12,14,16,23H,9,11,13,15H2,2-3H3,(H2,31,35)/b8-7+/t23-,27+,28-/m1/s1. The van der Waals surface area contributed by atoms with Gasteiger partial charge in [0.2, 0.25) is 5.91 Å². The van der Waals surface area contributed by atoms with Crippen LogP contribution in [0.2, 0.25) is 0 Å². The smallest absolute Gasteiger partial charge is 0.245 e. The highest BCUT2D eigenvalue weighted by molar-refractivity contribution is 8.15. The van der Waals surface area contributed by atoms with Crippen molar-refractivity contribution in [2.75, 3.05) is 27.4 Å². The predicted molar refractivity (Wildman–Crippen MR) is 146 cm³/mol. The molecule has 0 unspecified atom stereocenters. The Morgan fingerprint density at radius 3 is 2.90 bits per heavy atom. The monoisotopic (exact) mass is 548 g/mol. The molecule has 2 aliphatic rings. The van der Waals surface area contributed by atoms with E-state index < -0.39 is 22.8 Å². The molecule has 1 amide bonds. The molecule has 0 saturated heterocycles. The van der Waals surface area contributed by atoms with E-state index in [-0.39, 0.29) is 29.2 Å². The first-order chi connectivity index (χ1) is 18.7. The van der Waals surface area contributed by atoms with Crippen molar-refractivity contribution >= 4 is 33.9 Å². The number of hydrogen-bond acceptors (Lipinski definition) is 8. The van der Waals surface area contributed by atoms with Crippen LogP contribution in [0.15, 0.2) is 53.9 Å². The fraction of sp³-hybridized carbons (Fsp3) is 0.321. The number of likely N-dealkylation sites (N-methyl/N-ethyl adjacent to an activating group) is 1. The first kappa shape index (κ1) is 26.6. The summed E-state index contributed by atoms with van der Waals surface area (Å²) in [5, 5.41) is 0.155. The zero-order valence-electron chi connectivity index (χ0n) is 21.4. The molecule has 1 aliphatic carbocycles. The number of fused-ring (bicyclic) bond motifs is 2. The number of aliphatic imine (C=N–C) groups is 1. The first-order valence-corrected chi connectivity index (χ1v) is 13.0. The number of nitrogens with two attached hydrogens (primary N) is 1. The van der Waals surface area contributed by atoms with Gasteiger partial charge in [0.05, 0.1) is 17.4 Å². The fourth-order valence-corrected chi connectivity index (χ4v) is 6.30. The lowest BCUT2D eigenvalue weighted by atomic mass is 9.83. The maximum absolute atomic E-state index is 15.4. The highest BCUT2D eigenvalue weighted by atomic mass is 32.2. The second-order valence-corrected chi connectivity index (χ2v) is 11.1. The van der Waals surface area contributed by atoms with Crippen LogP contribution in [-0.4, -0.2) is 63.1 Å². The van der Waals surface area contributed by atoms with Gasteiger partial charge in [-0.1, -0.05) is 29.8 Å². The van der Waals surface area contributed by atoms with Crippen molar-refractivity contribution in [3.8, 4) is 18.1 Å². The highest BCUT2D eigenvalue weighted by Gasteiger charge is 2.67. The zero-order chi connectivity index (χ0) is 27.8. The minimum absolute atomic E-state index is 0.106. The van der Waals surface area contributed by atoms with Crippen molar-refractivity contribution < 1.29 is 18.3 Å². The largest absolute Gasteiger partial charge is 0.479 e. The average molecular weight is 549 g/mol. The Bertz CT molecular complexity index is 1550. The SMILES string of the molecule is C#CCOc1cnc2c(Cc3ccc(F)c([C@@]4(CF)N=C(N)S[C@@]5(/C=C/C(=O)N(C)C)C[C@H]54)c3)ncnc2c1. The van der Waals surface area contributed by atoms with Gasteiger partial charge in [0, 0.05) is 48.9 Å². The molecule has 0 radical (unpaired) electrons. The summed E-state index contributed by atoms with van der Waals surface area (Å²) in [5.74, 6) is 1.75. The van der Waals surface area contributed by atoms with E-state index in [2.05, 4.69) is 25.9 Å². The Morgan fingerprint density at radius 2 is 2.15 bits per heavy atom. The number of nitrogens with zero attached hydrogens (tertiary/aromatic N) is 5. The molecule has 11 heteroatoms. The van der Waals surface area contributed by atoms with Crippen LogP contribution in [0.3, 0.4) is 0 Å². The van der Waals surface area contributed by atoms with Gasteiger partial charge in [-0.15, -0.1) is 6.42 Å². The minimum atomic E-state index is -1.50. The maximum Gasteiger partial charge on any atom is 0.245 e. The maximum atomic E-state index is 15.4. The summed E-state index contributed by atoms with van der Waals surface area (Å²) in [4.78, 5) is 31.2. The van der Waals surface area contributed by atoms with Gasteiger partial charge in [-0.3, -0.25) is 4.79 Å². The van der Waals surface area contributed by atoms with E-state index >= 15 is 4.39 Å². The lowest BCUT2D eigenvalue weighted by molar-refractivity contribution is -0.123. The van der Waals surface area contributed by atoms with Crippen molar-refractivity contribution in [2.24, 2.45) is 16.6 Å². The van der Waals surface area contributed by atoms with Crippen molar-refractivity contribution in [1.82, 2.24) is 19.9 Å². The molecule has 3 heterocycles. The van der Waals surface area contributed by atoms with Crippen molar-refractivity contribution in [3.05, 3.63) is 71.6 Å². The quantitative estimate of drug-likeness (QED) is 0.340. The summed E-state index contributed by atoms with van der Waals surface area (Å²) >= 11 is 1.28. The zero-order valence-corrected chi connectivity index (χ0v) is 22.2. The number of amides is 1. The van der Waals surface area contributed by atoms with E-state index in [0.717, 1.165) is 0 Å². The van der Waals surface area contributed by atoms with Gasteiger partial charge in [0.25, 0.3) is 0 Å². The molecule has 3 aromatic rings. The van der Waals surface area contributed by atoms with Gasteiger partial charge in [-0.2, -0.15) is 0 Å². The van der Waals surface area contributed by atoms with Crippen molar-refractivity contribution in [1.29, 1.82) is 0 Å². The summed E-state index contributed by atoms with van der Waals surface area (Å²) < 4.78 is 35.1. The number of aromatic nitrogens is 3. The number of benzene rings is 1. The van der Waals surface area contributed by atoms with Crippen LogP contribution in [0.1, 0.15) is 23.2 Å². The number of alkyl halides is 1. The predicted octanol–water partition coefficient (Wildman–Crippen LogP) is 3.40. The number of carbonyl (C=O) groups excluding carboxylic acids is 1. The van der Waals surface area contributed by atoms with E-state index in [9.17, 15) is 9.18 Å². The molecule has 1 aliphatic heterocycles. The third-order valence-electron chi connectivity index (χ3n) is 7.00. The summed E-state index contributed by atoms with van der Waals surface area (Å²) in [6.45, 7) is -0.829. The van der Waals surface area contributed by atoms with Gasteiger partial charge in [-0.25, -0.2) is 28.7 Å². The highest BCUT2D eigenvalue weighted by Crippen LogP contribution is 2.66. The van der Waals surface area contributed by atoms with E-state index in [0.29, 0.717) is 40.9 Å². The normalized spacial score (nSPS) is 23.7. The molecule has 1 fully saturated rings. The van der Waals surface area contributed by atoms with Crippen molar-refractivity contribution in [2.45, 2.75) is 23.1 Å². The van der Waals surface area contributed by atoms with Crippen LogP contribution in [-0.2, 0) is 16.8 Å². The molecule has 0 bridgehead atoms. The van der Waals surface area contributed by atoms with E-state index in [4.69, 9.17) is 16.9 Å². The number of rotatable bonds is 8. The number of halogens is 2. The van der Waals surface area contributed by atoms with E-state index in [1.165, 1.54) is 35.1 Å². The van der Waals surface area contributed by atoms with Crippen LogP contribution >= 0.6 is 11.8 Å². The first-order valence-electron chi connectivity index (χ1n) is 12.2. The van der Waals surface area contributed by atoms with Crippen LogP contribution in [0.5, 0.6) is 5.75 Å². The van der Waals surface area contributed by atoms with E-state index in [1.54, 1.807) is 44.6 Å². The van der Waals surface area contributed by atoms with Gasteiger partial charge < -0.3 is 15.4 Å². The number of ether oxygens (including phenoxy) is 1. The molecule has 200 valence electrons. The molecule has 8 nitrogen and oxygen atoms in total. The molecule has 1 aromatic carbocycles. The molecule has 1 saturated carbocycles. The Kier molecular flexibility index (Phi) is 6.99. The lowest BCUT2D eigenvalue weighted by Crippen LogP contribution is -2.39. The van der Waals surface area contributed by atoms with Crippen molar-refractivity contribution in [3.63, 3.8) is 0 Å². The summed E-state index contributed by atoms with van der Waals surface area (Å²) in [6, 6.07) is 6.28. The van der Waals surface area contributed by atoms with Gasteiger partial charge in [-0.05, 0) is 24.1 Å². The number of terminal acetylenes is 1. The summed E-state index contributed by atoms with van der Waals surface area (Å²) in [5.41, 5.74) is 7.22. The molecule has 2 N–H and O–H groups in total. The van der Waals surface area contributed by atoms with Crippen LogP contribution in [0.25, 0.3) is 11.0 Å². The Hall–Kier alpha value is -4.04. The molecule has 39 heavy (non-hydrogen) atoms. The number of thioether (sulfide) groups is 1. The molecule has 0 spiro atoms. The molecule has 3 atom stereocenters. The second-order valence-electron chi connectivity index (χ2n) is 9.73. The topological polar surface area (TPSA) is 107 Å². The minimum Gasteiger partial charge on any atom is -0.479 e. The third kappa shape index (κ3) is 4.92. The molecular weight excluding hydrogens is 522 g/mol. The third-order valence-corrected chi connectivity index (χ3v) is 8.27. The number of amidine groups is 1. The average Bonchev–Trinajstić information content (AvgIpc) is 3.66. The molecule has 5 rings (SSSR count). The molecule has 2 aromatic heterocycles. The summed E-state index contributed by atoms with van der Waals surface area (Å²) in [6.07, 6.45) is 12.2. The Labute approximate surface area is 228 Å². The van der Waals surface area contributed by atoms with E-state index in [1.807, 2.05) is 0 Å². The fourth-order valence-electron chi connectivity index (χ4n) is 4.98. The lowest BCUT2D eigenvalue weighted by Gasteiger charge is -2.34. The Morgan fingerprint density at radius 1 is 1.33 bits per heavy atom. The van der Waals surface area contributed by atoms with Crippen LogP contribution < -0.4 is 10.5 Å². The number of hydrogen-bond donors (Lipinski definition) is 1. The Balaban J connectivity index is 1.49. The molecular formula is C28H26F2N6O2S. The van der Waals surface area contributed by atoms with Gasteiger partial charge in [0.15, 0.2) is 5.17 Å². The van der Waals surface area contributed by atoms with Gasteiger partial charge >= 0.3 is 0 Å². The van der Waals surface area contributed by atoms with Crippen LogP contribution in [0, 0.1) is 24.1 Å². The number of carbonyl (C=O) groups is 1. The number of pyridine rings is 1. The van der Waals surface area contributed by atoms with Crippen LogP contribution in [0.4, 0.5) is 8.78 Å².